The summed E-state index contributed by atoms with van der Waals surface area (Å²) in [6.45, 7) is 12.2. The molecule has 1 amide bonds. The molecule has 0 radical (unpaired) electrons. The van der Waals surface area contributed by atoms with E-state index in [0.717, 1.165) is 63.2 Å². The van der Waals surface area contributed by atoms with Gasteiger partial charge >= 0.3 is 5.97 Å². The van der Waals surface area contributed by atoms with Gasteiger partial charge in [0.1, 0.15) is 17.5 Å². The maximum Gasteiger partial charge on any atom is 0.351 e. The second-order valence-corrected chi connectivity index (χ2v) is 13.1. The molecule has 3 rings (SSSR count). The number of amidine groups is 1. The second-order valence-electron chi connectivity index (χ2n) is 13.1. The SMILES string of the molecule is CC[C@H](C)[C@H](N)C(=O)ON=C(ON=C(N)c1ccc(OCCCC2CCN(CCCOc3ccc(C(N)=O)cc3)CC2)cc1)[C@@H](N)[C@@H](C)CC.Cl. The van der Waals surface area contributed by atoms with E-state index in [9.17, 15) is 9.59 Å². The number of hydrogen-bond donors (Lipinski definition) is 4. The lowest BCUT2D eigenvalue weighted by Crippen LogP contribution is -2.40. The summed E-state index contributed by atoms with van der Waals surface area (Å²) in [5.41, 5.74) is 24.8. The number of primary amides is 1. The minimum absolute atomic E-state index is 0. The van der Waals surface area contributed by atoms with Crippen molar-refractivity contribution in [3.63, 3.8) is 0 Å². The van der Waals surface area contributed by atoms with Gasteiger partial charge in [-0.25, -0.2) is 4.79 Å². The highest BCUT2D eigenvalue weighted by Gasteiger charge is 2.25. The predicted octanol–water partition coefficient (Wildman–Crippen LogP) is 4.79. The van der Waals surface area contributed by atoms with Crippen molar-refractivity contribution in [3.8, 4) is 11.5 Å². The molecule has 0 spiro atoms. The average molecular weight is 732 g/mol. The molecule has 2 aromatic rings. The molecular formula is C37H58ClN7O6. The van der Waals surface area contributed by atoms with Crippen LogP contribution in [0.25, 0.3) is 0 Å². The van der Waals surface area contributed by atoms with Crippen molar-refractivity contribution < 1.29 is 28.7 Å². The minimum Gasteiger partial charge on any atom is -0.494 e. The Hall–Kier alpha value is -3.91. The van der Waals surface area contributed by atoms with Crippen molar-refractivity contribution >= 4 is 36.0 Å². The number of halogens is 1. The predicted molar refractivity (Wildman–Crippen MR) is 203 cm³/mol. The van der Waals surface area contributed by atoms with Gasteiger partial charge in [-0.2, -0.15) is 0 Å². The zero-order valence-electron chi connectivity index (χ0n) is 30.5. The summed E-state index contributed by atoms with van der Waals surface area (Å²) in [5.74, 6) is 1.05. The first-order chi connectivity index (χ1) is 24.0. The van der Waals surface area contributed by atoms with Crippen LogP contribution in [-0.4, -0.2) is 73.4 Å². The van der Waals surface area contributed by atoms with Crippen LogP contribution in [0.3, 0.4) is 0 Å². The molecule has 4 atom stereocenters. The van der Waals surface area contributed by atoms with Gasteiger partial charge in [0.25, 0.3) is 5.90 Å². The average Bonchev–Trinajstić information content (AvgIpc) is 3.14. The molecule has 14 heteroatoms. The third-order valence-electron chi connectivity index (χ3n) is 9.44. The second kappa shape index (κ2) is 22.8. The largest absolute Gasteiger partial charge is 0.494 e. The molecular weight excluding hydrogens is 674 g/mol. The fourth-order valence-corrected chi connectivity index (χ4v) is 5.40. The fourth-order valence-electron chi connectivity index (χ4n) is 5.40. The lowest BCUT2D eigenvalue weighted by molar-refractivity contribution is -0.146. The summed E-state index contributed by atoms with van der Waals surface area (Å²) < 4.78 is 11.8. The zero-order valence-corrected chi connectivity index (χ0v) is 31.3. The number of nitrogens with zero attached hydrogens (tertiary/aromatic N) is 3. The Bertz CT molecular complexity index is 1380. The quantitative estimate of drug-likeness (QED) is 0.0482. The van der Waals surface area contributed by atoms with Crippen molar-refractivity contribution in [2.75, 3.05) is 32.8 Å². The van der Waals surface area contributed by atoms with Crippen molar-refractivity contribution in [1.82, 2.24) is 4.90 Å². The van der Waals surface area contributed by atoms with Crippen molar-refractivity contribution in [3.05, 3.63) is 59.7 Å². The van der Waals surface area contributed by atoms with E-state index >= 15 is 0 Å². The van der Waals surface area contributed by atoms with E-state index in [1.54, 1.807) is 36.4 Å². The molecule has 0 saturated carbocycles. The van der Waals surface area contributed by atoms with Crippen molar-refractivity contribution in [2.24, 2.45) is 51.0 Å². The van der Waals surface area contributed by atoms with Gasteiger partial charge in [0, 0.05) is 17.7 Å². The van der Waals surface area contributed by atoms with E-state index in [1.807, 2.05) is 39.8 Å². The molecule has 1 saturated heterocycles. The maximum atomic E-state index is 12.3. The Kier molecular flexibility index (Phi) is 19.3. The Morgan fingerprint density at radius 3 is 1.86 bits per heavy atom. The van der Waals surface area contributed by atoms with E-state index in [0.29, 0.717) is 30.3 Å². The molecule has 0 aromatic heterocycles. The minimum atomic E-state index is -0.815. The number of rotatable bonds is 20. The van der Waals surface area contributed by atoms with E-state index in [-0.39, 0.29) is 36.0 Å². The van der Waals surface area contributed by atoms with Gasteiger partial charge < -0.3 is 47.0 Å². The van der Waals surface area contributed by atoms with Crippen LogP contribution in [0, 0.1) is 17.8 Å². The van der Waals surface area contributed by atoms with Crippen LogP contribution in [0.2, 0.25) is 0 Å². The topological polar surface area (TPSA) is 203 Å². The van der Waals surface area contributed by atoms with Crippen LogP contribution in [0.4, 0.5) is 0 Å². The lowest BCUT2D eigenvalue weighted by Gasteiger charge is -2.32. The van der Waals surface area contributed by atoms with Crippen LogP contribution >= 0.6 is 12.4 Å². The Morgan fingerprint density at radius 2 is 1.31 bits per heavy atom. The molecule has 1 heterocycles. The maximum absolute atomic E-state index is 12.3. The summed E-state index contributed by atoms with van der Waals surface area (Å²) in [4.78, 5) is 36.6. The van der Waals surface area contributed by atoms with Crippen LogP contribution in [0.5, 0.6) is 11.5 Å². The van der Waals surface area contributed by atoms with Crippen molar-refractivity contribution in [1.29, 1.82) is 0 Å². The van der Waals surface area contributed by atoms with E-state index in [4.69, 9.17) is 42.1 Å². The highest BCUT2D eigenvalue weighted by atomic mass is 35.5. The van der Waals surface area contributed by atoms with Crippen LogP contribution < -0.4 is 32.4 Å². The molecule has 0 bridgehead atoms. The van der Waals surface area contributed by atoms with Crippen LogP contribution in [-0.2, 0) is 14.5 Å². The fraction of sp³-hybridized carbons (Fsp3) is 0.568. The highest BCUT2D eigenvalue weighted by molar-refractivity contribution is 5.97. The number of hydrogen-bond acceptors (Lipinski definition) is 11. The number of carbonyl (C=O) groups is 2. The summed E-state index contributed by atoms with van der Waals surface area (Å²) in [7, 11) is 0. The Morgan fingerprint density at radius 1 is 0.784 bits per heavy atom. The number of benzene rings is 2. The molecule has 51 heavy (non-hydrogen) atoms. The molecule has 2 aromatic carbocycles. The standard InChI is InChI=1S/C37H57N7O6.ClH/c1-5-25(3)32(38)36(43-50-37(46)33(39)26(4)6-2)49-42-34(40)28-10-14-30(15-11-28)47-23-7-9-27-18-21-44(22-19-27)20-8-24-48-31-16-12-29(13-17-31)35(41)45;/h10-17,25-27,32-33H,5-9,18-24,38-39H2,1-4H3,(H2,40,42)(H2,41,45);1H/t25-,26-,32-,33-;/m0./s1. The normalized spacial score (nSPS) is 16.7. The first kappa shape index (κ1) is 43.3. The number of amides is 1. The monoisotopic (exact) mass is 731 g/mol. The number of carbonyl (C=O) groups excluding carboxylic acids is 2. The lowest BCUT2D eigenvalue weighted by atomic mass is 9.92. The molecule has 8 N–H and O–H groups in total. The summed E-state index contributed by atoms with van der Waals surface area (Å²) >= 11 is 0. The molecule has 0 aliphatic carbocycles. The molecule has 0 unspecified atom stereocenters. The van der Waals surface area contributed by atoms with Crippen LogP contribution in [0.1, 0.15) is 88.6 Å². The van der Waals surface area contributed by atoms with Gasteiger partial charge in [-0.15, -0.1) is 12.4 Å². The summed E-state index contributed by atoms with van der Waals surface area (Å²) in [5, 5.41) is 7.87. The number of piperidine rings is 1. The Balaban J connectivity index is 0.00000901. The number of ether oxygens (including phenoxy) is 2. The zero-order chi connectivity index (χ0) is 36.5. The molecule has 1 fully saturated rings. The van der Waals surface area contributed by atoms with Gasteiger partial charge in [-0.3, -0.25) is 4.79 Å². The Labute approximate surface area is 308 Å². The smallest absolute Gasteiger partial charge is 0.351 e. The number of likely N-dealkylation sites (tertiary alicyclic amines) is 1. The van der Waals surface area contributed by atoms with Gasteiger partial charge in [0.05, 0.1) is 19.3 Å². The van der Waals surface area contributed by atoms with Crippen molar-refractivity contribution in [2.45, 2.75) is 84.7 Å². The van der Waals surface area contributed by atoms with Gasteiger partial charge in [0.2, 0.25) is 5.91 Å². The molecule has 1 aliphatic heterocycles. The molecule has 284 valence electrons. The third-order valence-corrected chi connectivity index (χ3v) is 9.44. The third kappa shape index (κ3) is 14.7. The number of oxime groups is 2. The van der Waals surface area contributed by atoms with Crippen LogP contribution in [0.15, 0.2) is 58.8 Å². The molecule has 13 nitrogen and oxygen atoms in total. The highest BCUT2D eigenvalue weighted by Crippen LogP contribution is 2.23. The van der Waals surface area contributed by atoms with Gasteiger partial charge in [-0.05, 0) is 117 Å². The van der Waals surface area contributed by atoms with Gasteiger partial charge in [0.15, 0.2) is 5.84 Å². The summed E-state index contributed by atoms with van der Waals surface area (Å²) in [6.07, 6.45) is 6.92. The van der Waals surface area contributed by atoms with Gasteiger partial charge in [-0.1, -0.05) is 45.7 Å². The molecule has 1 aliphatic rings. The van der Waals surface area contributed by atoms with E-state index in [2.05, 4.69) is 15.2 Å². The first-order valence-electron chi connectivity index (χ1n) is 17.8. The van der Waals surface area contributed by atoms with E-state index < -0.39 is 24.0 Å². The van der Waals surface area contributed by atoms with E-state index in [1.165, 1.54) is 12.8 Å². The number of nitrogens with two attached hydrogens (primary N) is 4. The first-order valence-corrected chi connectivity index (χ1v) is 17.8. The summed E-state index contributed by atoms with van der Waals surface area (Å²) in [6, 6.07) is 12.7.